The Morgan fingerprint density at radius 1 is 1.12 bits per heavy atom. The minimum atomic E-state index is -1.06. The van der Waals surface area contributed by atoms with Crippen molar-refractivity contribution in [3.8, 4) is 11.8 Å². The van der Waals surface area contributed by atoms with Gasteiger partial charge in [-0.05, 0) is 58.9 Å². The van der Waals surface area contributed by atoms with Crippen LogP contribution < -0.4 is 5.73 Å². The van der Waals surface area contributed by atoms with Crippen molar-refractivity contribution >= 4 is 22.8 Å². The standard InChI is InChI=1S/C25H22FNO4S/c1-15(17-5-7-18(8-6-17)25(29)30)32-21(11-4-16-2-9-19(26)10-3-16)23(24(27)28)20-12-13-31-14-22(20)32/h2-3,5-10,15,32H,12-14H2,1H3,(H2,27,28)(H,29,30)/t15-/m0/s1. The average Bonchev–Trinajstić information content (AvgIpc) is 3.12. The minimum Gasteiger partial charge on any atom is -0.478 e. The number of amides is 1. The summed E-state index contributed by atoms with van der Waals surface area (Å²) in [6.45, 7) is 2.97. The number of carboxylic acid groups (broad SMARTS) is 1. The molecule has 2 heterocycles. The summed E-state index contributed by atoms with van der Waals surface area (Å²) in [5, 5.41) is 9.16. The number of carbonyl (C=O) groups is 2. The van der Waals surface area contributed by atoms with E-state index < -0.39 is 22.8 Å². The van der Waals surface area contributed by atoms with Gasteiger partial charge in [0.05, 0.1) is 29.3 Å². The molecule has 0 fully saturated rings. The molecule has 0 saturated carbocycles. The highest BCUT2D eigenvalue weighted by Crippen LogP contribution is 2.62. The third-order valence-corrected chi connectivity index (χ3v) is 8.47. The van der Waals surface area contributed by atoms with Gasteiger partial charge < -0.3 is 15.6 Å². The quantitative estimate of drug-likeness (QED) is 0.483. The number of allylic oxidation sites excluding steroid dienone is 1. The Kier molecular flexibility index (Phi) is 6.17. The number of thiol groups is 1. The summed E-state index contributed by atoms with van der Waals surface area (Å²) in [6, 6.07) is 12.6. The van der Waals surface area contributed by atoms with Gasteiger partial charge in [0.1, 0.15) is 5.82 Å². The number of hydrogen-bond donors (Lipinski definition) is 3. The molecule has 1 unspecified atom stereocenters. The third-order valence-electron chi connectivity index (χ3n) is 5.60. The summed E-state index contributed by atoms with van der Waals surface area (Å²) >= 11 is 0. The van der Waals surface area contributed by atoms with Crippen LogP contribution in [0.4, 0.5) is 4.39 Å². The number of carboxylic acids is 1. The first-order valence-electron chi connectivity index (χ1n) is 10.1. The third kappa shape index (κ3) is 4.20. The zero-order valence-electron chi connectivity index (χ0n) is 17.4. The zero-order valence-corrected chi connectivity index (χ0v) is 18.3. The predicted molar refractivity (Wildman–Crippen MR) is 123 cm³/mol. The number of aromatic carboxylic acids is 1. The highest BCUT2D eigenvalue weighted by molar-refractivity contribution is 8.24. The second kappa shape index (κ2) is 9.03. The number of hydrogen-bond acceptors (Lipinski definition) is 3. The molecular formula is C25H22FNO4S. The fourth-order valence-corrected chi connectivity index (χ4v) is 6.99. The molecule has 3 N–H and O–H groups in total. The number of ether oxygens (including phenoxy) is 1. The highest BCUT2D eigenvalue weighted by atomic mass is 32.2. The first-order chi connectivity index (χ1) is 15.4. The Hall–Kier alpha value is -3.34. The van der Waals surface area contributed by atoms with Crippen molar-refractivity contribution in [2.75, 3.05) is 13.2 Å². The number of rotatable bonds is 4. The second-order valence-corrected chi connectivity index (χ2v) is 10.0. The van der Waals surface area contributed by atoms with Gasteiger partial charge in [0.25, 0.3) is 5.91 Å². The van der Waals surface area contributed by atoms with Gasteiger partial charge in [-0.2, -0.15) is 10.9 Å². The van der Waals surface area contributed by atoms with Gasteiger partial charge in [-0.1, -0.05) is 30.9 Å². The Bertz CT molecular complexity index is 1200. The van der Waals surface area contributed by atoms with Gasteiger partial charge in [0.2, 0.25) is 0 Å². The lowest BCUT2D eigenvalue weighted by atomic mass is 10.0. The van der Waals surface area contributed by atoms with Gasteiger partial charge in [-0.25, -0.2) is 9.18 Å². The summed E-state index contributed by atoms with van der Waals surface area (Å²) < 4.78 is 19.0. The fraction of sp³-hybridized carbons (Fsp3) is 0.200. The van der Waals surface area contributed by atoms with Crippen LogP contribution in [0.2, 0.25) is 0 Å². The van der Waals surface area contributed by atoms with Crippen molar-refractivity contribution in [1.82, 2.24) is 0 Å². The maximum absolute atomic E-state index is 13.3. The van der Waals surface area contributed by atoms with Gasteiger partial charge in [0, 0.05) is 10.8 Å². The minimum absolute atomic E-state index is 0.0334. The van der Waals surface area contributed by atoms with Crippen LogP contribution in [0.25, 0.3) is 0 Å². The summed E-state index contributed by atoms with van der Waals surface area (Å²) in [5.41, 5.74) is 8.99. The maximum Gasteiger partial charge on any atom is 0.335 e. The fourth-order valence-electron chi connectivity index (χ4n) is 3.99. The molecule has 2 atom stereocenters. The van der Waals surface area contributed by atoms with E-state index in [9.17, 15) is 19.1 Å². The summed E-state index contributed by atoms with van der Waals surface area (Å²) in [6.07, 6.45) is 0.596. The van der Waals surface area contributed by atoms with Crippen LogP contribution in [0.3, 0.4) is 0 Å². The molecule has 1 amide bonds. The van der Waals surface area contributed by atoms with Crippen LogP contribution in [-0.2, 0) is 9.53 Å². The predicted octanol–water partition coefficient (Wildman–Crippen LogP) is 4.07. The Balaban J connectivity index is 1.79. The Morgan fingerprint density at radius 3 is 2.44 bits per heavy atom. The summed E-state index contributed by atoms with van der Waals surface area (Å²) in [5.74, 6) is 4.40. The molecule has 0 saturated heterocycles. The van der Waals surface area contributed by atoms with Crippen LogP contribution in [0, 0.1) is 17.7 Å². The highest BCUT2D eigenvalue weighted by Gasteiger charge is 2.37. The van der Waals surface area contributed by atoms with Crippen molar-refractivity contribution < 1.29 is 23.8 Å². The van der Waals surface area contributed by atoms with Crippen molar-refractivity contribution in [3.63, 3.8) is 0 Å². The van der Waals surface area contributed by atoms with Gasteiger partial charge in [-0.3, -0.25) is 4.79 Å². The van der Waals surface area contributed by atoms with Crippen molar-refractivity contribution in [2.45, 2.75) is 18.6 Å². The number of benzene rings is 2. The van der Waals surface area contributed by atoms with E-state index >= 15 is 0 Å². The molecule has 0 spiro atoms. The molecule has 4 rings (SSSR count). The molecule has 32 heavy (non-hydrogen) atoms. The van der Waals surface area contributed by atoms with E-state index in [4.69, 9.17) is 10.5 Å². The Labute approximate surface area is 188 Å². The van der Waals surface area contributed by atoms with E-state index in [2.05, 4.69) is 11.8 Å². The molecule has 2 aromatic rings. The van der Waals surface area contributed by atoms with E-state index in [1.165, 1.54) is 12.1 Å². The lowest BCUT2D eigenvalue weighted by Crippen LogP contribution is -2.18. The van der Waals surface area contributed by atoms with Crippen LogP contribution in [0.5, 0.6) is 0 Å². The molecule has 0 bridgehead atoms. The Morgan fingerprint density at radius 2 is 1.81 bits per heavy atom. The van der Waals surface area contributed by atoms with E-state index in [0.29, 0.717) is 35.7 Å². The lowest BCUT2D eigenvalue weighted by molar-refractivity contribution is -0.114. The summed E-state index contributed by atoms with van der Waals surface area (Å²) in [4.78, 5) is 25.4. The maximum atomic E-state index is 13.3. The van der Waals surface area contributed by atoms with Crippen molar-refractivity contribution in [1.29, 1.82) is 0 Å². The lowest BCUT2D eigenvalue weighted by Gasteiger charge is -2.30. The van der Waals surface area contributed by atoms with Gasteiger partial charge >= 0.3 is 5.97 Å². The number of halogens is 1. The zero-order chi connectivity index (χ0) is 22.8. The topological polar surface area (TPSA) is 89.6 Å². The van der Waals surface area contributed by atoms with Crippen LogP contribution >= 0.6 is 10.9 Å². The smallest absolute Gasteiger partial charge is 0.335 e. The SMILES string of the molecule is C[C@@H](c1ccc(C(=O)O)cc1)[SH]1C(C#Cc2ccc(F)cc2)=C(C(N)=O)C2=C1COCC2. The van der Waals surface area contributed by atoms with E-state index in [1.807, 2.05) is 6.92 Å². The van der Waals surface area contributed by atoms with E-state index in [-0.39, 0.29) is 16.6 Å². The van der Waals surface area contributed by atoms with E-state index in [0.717, 1.165) is 16.0 Å². The first-order valence-corrected chi connectivity index (χ1v) is 11.5. The number of primary amides is 1. The molecule has 2 aliphatic rings. The van der Waals surface area contributed by atoms with Gasteiger partial charge in [-0.15, -0.1) is 0 Å². The molecule has 5 nitrogen and oxygen atoms in total. The molecule has 0 aliphatic carbocycles. The van der Waals surface area contributed by atoms with Gasteiger partial charge in [0.15, 0.2) is 0 Å². The number of nitrogens with two attached hydrogens (primary N) is 1. The average molecular weight is 452 g/mol. The second-order valence-electron chi connectivity index (χ2n) is 7.55. The molecule has 2 aromatic carbocycles. The first kappa shape index (κ1) is 21.9. The van der Waals surface area contributed by atoms with Crippen molar-refractivity contribution in [2.24, 2.45) is 5.73 Å². The van der Waals surface area contributed by atoms with Crippen molar-refractivity contribution in [3.05, 3.63) is 92.0 Å². The molecule has 2 aliphatic heterocycles. The normalized spacial score (nSPS) is 19.8. The monoisotopic (exact) mass is 451 g/mol. The molecule has 164 valence electrons. The molecular weight excluding hydrogens is 429 g/mol. The summed E-state index contributed by atoms with van der Waals surface area (Å²) in [7, 11) is -1.06. The van der Waals surface area contributed by atoms with Crippen LogP contribution in [0.1, 0.15) is 40.1 Å². The van der Waals surface area contributed by atoms with Crippen LogP contribution in [0.15, 0.2) is 69.5 Å². The number of carbonyl (C=O) groups excluding carboxylic acids is 1. The molecule has 0 aromatic heterocycles. The van der Waals surface area contributed by atoms with Crippen LogP contribution in [-0.4, -0.2) is 30.2 Å². The molecule has 7 heteroatoms. The molecule has 0 radical (unpaired) electrons. The van der Waals surface area contributed by atoms with E-state index in [1.54, 1.807) is 36.4 Å². The largest absolute Gasteiger partial charge is 0.478 e.